The van der Waals surface area contributed by atoms with Crippen LogP contribution in [0, 0.1) is 25.7 Å². The van der Waals surface area contributed by atoms with Crippen molar-refractivity contribution >= 4 is 17.6 Å². The van der Waals surface area contributed by atoms with Crippen molar-refractivity contribution in [2.45, 2.75) is 26.7 Å². The van der Waals surface area contributed by atoms with Crippen LogP contribution in [0.25, 0.3) is 0 Å². The molecule has 0 heterocycles. The first-order chi connectivity index (χ1) is 12.9. The van der Waals surface area contributed by atoms with Gasteiger partial charge in [-0.25, -0.2) is 0 Å². The minimum absolute atomic E-state index is 0.309. The molecular formula is C22H22NO4-. The predicted octanol–water partition coefficient (Wildman–Crippen LogP) is 3.37. The van der Waals surface area contributed by atoms with Crippen LogP contribution < -0.4 is 15.2 Å². The second-order valence-electron chi connectivity index (χ2n) is 6.91. The molecule has 2 atom stereocenters. The maximum Gasteiger partial charge on any atom is 0.228 e. The average molecular weight is 364 g/mol. The van der Waals surface area contributed by atoms with Crippen LogP contribution in [0.4, 0.5) is 5.69 Å². The molecule has 2 aromatic rings. The first kappa shape index (κ1) is 18.7. The average Bonchev–Trinajstić information content (AvgIpc) is 2.62. The van der Waals surface area contributed by atoms with Crippen molar-refractivity contribution in [3.05, 3.63) is 65.7 Å². The summed E-state index contributed by atoms with van der Waals surface area (Å²) < 4.78 is 5.86. The zero-order valence-electron chi connectivity index (χ0n) is 15.4. The molecule has 1 aliphatic rings. The maximum atomic E-state index is 12.5. The Morgan fingerprint density at radius 2 is 1.52 bits per heavy atom. The van der Waals surface area contributed by atoms with Crippen molar-refractivity contribution in [3.8, 4) is 11.5 Å². The highest BCUT2D eigenvalue weighted by Gasteiger charge is 2.29. The lowest BCUT2D eigenvalue weighted by atomic mass is 9.82. The van der Waals surface area contributed by atoms with Gasteiger partial charge in [0, 0.05) is 17.6 Å². The van der Waals surface area contributed by atoms with E-state index >= 15 is 0 Å². The number of anilines is 1. The third-order valence-corrected chi connectivity index (χ3v) is 4.62. The molecule has 1 N–H and O–H groups in total. The minimum Gasteiger partial charge on any atom is -0.550 e. The SMILES string of the molecule is Cc1cc(C)cc(Oc2ccc(NC(=O)[C@@H]3CC=CC[C@H]3C(=O)[O-])cc2)c1. The summed E-state index contributed by atoms with van der Waals surface area (Å²) in [7, 11) is 0. The zero-order valence-corrected chi connectivity index (χ0v) is 15.4. The number of hydrogen-bond acceptors (Lipinski definition) is 4. The summed E-state index contributed by atoms with van der Waals surface area (Å²) in [6.07, 6.45) is 4.34. The van der Waals surface area contributed by atoms with Crippen molar-refractivity contribution in [1.82, 2.24) is 0 Å². The van der Waals surface area contributed by atoms with Crippen LogP contribution in [-0.4, -0.2) is 11.9 Å². The Morgan fingerprint density at radius 3 is 2.11 bits per heavy atom. The summed E-state index contributed by atoms with van der Waals surface area (Å²) in [6.45, 7) is 4.03. The summed E-state index contributed by atoms with van der Waals surface area (Å²) in [6, 6.07) is 13.0. The molecule has 1 aliphatic carbocycles. The molecule has 5 heteroatoms. The number of carbonyl (C=O) groups is 2. The normalized spacial score (nSPS) is 18.7. The van der Waals surface area contributed by atoms with Gasteiger partial charge in [-0.15, -0.1) is 0 Å². The van der Waals surface area contributed by atoms with E-state index in [1.165, 1.54) is 0 Å². The number of carboxylic acids is 1. The van der Waals surface area contributed by atoms with Crippen LogP contribution in [0.1, 0.15) is 24.0 Å². The Balaban J connectivity index is 1.65. The maximum absolute atomic E-state index is 12.5. The van der Waals surface area contributed by atoms with E-state index in [0.717, 1.165) is 16.9 Å². The van der Waals surface area contributed by atoms with Crippen LogP contribution in [-0.2, 0) is 9.59 Å². The standard InChI is InChI=1S/C22H23NO4/c1-14-11-15(2)13-18(12-14)27-17-9-7-16(8-10-17)23-21(24)19-5-3-4-6-20(19)22(25)26/h3-4,7-13,19-20H,5-6H2,1-2H3,(H,23,24)(H,25,26)/p-1/t19-,20-/m1/s1. The Hall–Kier alpha value is -3.08. The molecule has 3 rings (SSSR count). The molecule has 0 bridgehead atoms. The van der Waals surface area contributed by atoms with E-state index in [-0.39, 0.29) is 5.91 Å². The van der Waals surface area contributed by atoms with Crippen molar-refractivity contribution in [3.63, 3.8) is 0 Å². The van der Waals surface area contributed by atoms with Gasteiger partial charge in [0.25, 0.3) is 0 Å². The molecule has 0 spiro atoms. The highest BCUT2D eigenvalue weighted by atomic mass is 16.5. The molecule has 0 unspecified atom stereocenters. The van der Waals surface area contributed by atoms with Crippen LogP contribution in [0.3, 0.4) is 0 Å². The molecule has 2 aromatic carbocycles. The van der Waals surface area contributed by atoms with Crippen molar-refractivity contribution in [2.75, 3.05) is 5.32 Å². The van der Waals surface area contributed by atoms with Crippen molar-refractivity contribution in [2.24, 2.45) is 11.8 Å². The number of allylic oxidation sites excluding steroid dienone is 2. The summed E-state index contributed by atoms with van der Waals surface area (Å²) >= 11 is 0. The monoisotopic (exact) mass is 364 g/mol. The third-order valence-electron chi connectivity index (χ3n) is 4.62. The molecule has 27 heavy (non-hydrogen) atoms. The van der Waals surface area contributed by atoms with E-state index in [4.69, 9.17) is 4.74 Å². The Labute approximate surface area is 158 Å². The van der Waals surface area contributed by atoms with Gasteiger partial charge in [-0.2, -0.15) is 0 Å². The number of amides is 1. The molecule has 0 saturated carbocycles. The van der Waals surface area contributed by atoms with Gasteiger partial charge in [-0.05, 0) is 74.2 Å². The quantitative estimate of drug-likeness (QED) is 0.825. The summed E-state index contributed by atoms with van der Waals surface area (Å²) in [5.74, 6) is -1.48. The van der Waals surface area contributed by atoms with E-state index in [1.54, 1.807) is 30.3 Å². The second kappa shape index (κ2) is 8.08. The largest absolute Gasteiger partial charge is 0.550 e. The molecule has 0 radical (unpaired) electrons. The van der Waals surface area contributed by atoms with Gasteiger partial charge < -0.3 is 20.0 Å². The number of carbonyl (C=O) groups excluding carboxylic acids is 2. The fourth-order valence-corrected chi connectivity index (χ4v) is 3.33. The number of hydrogen-bond donors (Lipinski definition) is 1. The Morgan fingerprint density at radius 1 is 0.926 bits per heavy atom. The predicted molar refractivity (Wildman–Crippen MR) is 101 cm³/mol. The summed E-state index contributed by atoms with van der Waals surface area (Å²) in [4.78, 5) is 23.7. The first-order valence-electron chi connectivity index (χ1n) is 8.95. The molecule has 140 valence electrons. The van der Waals surface area contributed by atoms with Crippen LogP contribution in [0.5, 0.6) is 11.5 Å². The Bertz CT molecular complexity index is 850. The number of carboxylic acid groups (broad SMARTS) is 1. The highest BCUT2D eigenvalue weighted by Crippen LogP contribution is 2.28. The fraction of sp³-hybridized carbons (Fsp3) is 0.273. The van der Waals surface area contributed by atoms with Crippen LogP contribution >= 0.6 is 0 Å². The number of benzene rings is 2. The number of rotatable bonds is 5. The minimum atomic E-state index is -1.18. The van der Waals surface area contributed by atoms with E-state index in [1.807, 2.05) is 32.1 Å². The van der Waals surface area contributed by atoms with E-state index in [2.05, 4.69) is 11.4 Å². The lowest BCUT2D eigenvalue weighted by Crippen LogP contribution is -2.41. The highest BCUT2D eigenvalue weighted by molar-refractivity contribution is 5.95. The van der Waals surface area contributed by atoms with Gasteiger partial charge in [-0.1, -0.05) is 18.2 Å². The van der Waals surface area contributed by atoms with Gasteiger partial charge in [-0.3, -0.25) is 4.79 Å². The number of ether oxygens (including phenoxy) is 1. The summed E-state index contributed by atoms with van der Waals surface area (Å²) in [5.41, 5.74) is 2.84. The number of nitrogens with one attached hydrogen (secondary N) is 1. The molecule has 0 aliphatic heterocycles. The van der Waals surface area contributed by atoms with Gasteiger partial charge in [0.15, 0.2) is 0 Å². The lowest BCUT2D eigenvalue weighted by Gasteiger charge is -2.28. The Kier molecular flexibility index (Phi) is 5.60. The van der Waals surface area contributed by atoms with Gasteiger partial charge in [0.05, 0.1) is 5.92 Å². The lowest BCUT2D eigenvalue weighted by molar-refractivity contribution is -0.313. The van der Waals surface area contributed by atoms with Crippen molar-refractivity contribution < 1.29 is 19.4 Å². The van der Waals surface area contributed by atoms with Gasteiger partial charge in [0.1, 0.15) is 11.5 Å². The zero-order chi connectivity index (χ0) is 19.4. The van der Waals surface area contributed by atoms with E-state index < -0.39 is 17.8 Å². The molecule has 0 fully saturated rings. The topological polar surface area (TPSA) is 78.5 Å². The molecule has 5 nitrogen and oxygen atoms in total. The van der Waals surface area contributed by atoms with Gasteiger partial charge in [0.2, 0.25) is 5.91 Å². The van der Waals surface area contributed by atoms with E-state index in [0.29, 0.717) is 24.3 Å². The number of aryl methyl sites for hydroxylation is 2. The molecular weight excluding hydrogens is 342 g/mol. The third kappa shape index (κ3) is 4.76. The smallest absolute Gasteiger partial charge is 0.228 e. The fourth-order valence-electron chi connectivity index (χ4n) is 3.33. The van der Waals surface area contributed by atoms with Crippen LogP contribution in [0.15, 0.2) is 54.6 Å². The molecule has 0 aromatic heterocycles. The number of aliphatic carboxylic acids is 1. The van der Waals surface area contributed by atoms with Gasteiger partial charge >= 0.3 is 0 Å². The second-order valence-corrected chi connectivity index (χ2v) is 6.91. The van der Waals surface area contributed by atoms with E-state index in [9.17, 15) is 14.7 Å². The molecule has 1 amide bonds. The first-order valence-corrected chi connectivity index (χ1v) is 8.95. The van der Waals surface area contributed by atoms with Crippen molar-refractivity contribution in [1.29, 1.82) is 0 Å². The summed E-state index contributed by atoms with van der Waals surface area (Å²) in [5, 5.41) is 14.0. The van der Waals surface area contributed by atoms with Crippen LogP contribution in [0.2, 0.25) is 0 Å². The molecule has 0 saturated heterocycles.